The summed E-state index contributed by atoms with van der Waals surface area (Å²) < 4.78 is 26.2. The maximum Gasteiger partial charge on any atom is 0.250 e. The van der Waals surface area contributed by atoms with Crippen LogP contribution >= 0.6 is 23.1 Å². The van der Waals surface area contributed by atoms with Crippen molar-refractivity contribution in [3.63, 3.8) is 0 Å². The number of anilines is 1. The molecule has 2 rings (SSSR count). The maximum atomic E-state index is 11.9. The van der Waals surface area contributed by atoms with Gasteiger partial charge in [-0.1, -0.05) is 6.07 Å². The van der Waals surface area contributed by atoms with Gasteiger partial charge in [0.1, 0.15) is 4.21 Å². The minimum absolute atomic E-state index is 0.194. The Morgan fingerprint density at radius 1 is 1.24 bits per heavy atom. The van der Waals surface area contributed by atoms with Crippen molar-refractivity contribution in [2.24, 2.45) is 0 Å². The van der Waals surface area contributed by atoms with Crippen molar-refractivity contribution in [3.05, 3.63) is 41.8 Å². The molecule has 2 aromatic rings. The second-order valence-corrected chi connectivity index (χ2v) is 7.85. The average Bonchev–Trinajstić information content (AvgIpc) is 3.01. The molecule has 8 heteroatoms. The molecule has 5 nitrogen and oxygen atoms in total. The Balaban J connectivity index is 1.90. The number of nitrogens with one attached hydrogen (secondary N) is 2. The second kappa shape index (κ2) is 7.08. The fraction of sp³-hybridized carbons (Fsp3) is 0.154. The van der Waals surface area contributed by atoms with Crippen LogP contribution in [0.25, 0.3) is 0 Å². The minimum atomic E-state index is -3.61. The lowest BCUT2D eigenvalue weighted by molar-refractivity contribution is -0.115. The van der Waals surface area contributed by atoms with E-state index in [0.717, 1.165) is 16.2 Å². The largest absolute Gasteiger partial charge is 0.325 e. The summed E-state index contributed by atoms with van der Waals surface area (Å²) in [4.78, 5) is 12.8. The quantitative estimate of drug-likeness (QED) is 0.791. The first-order valence-corrected chi connectivity index (χ1v) is 9.57. The summed E-state index contributed by atoms with van der Waals surface area (Å²) in [5.41, 5.74) is 0.633. The molecule has 1 heterocycles. The molecule has 0 fully saturated rings. The van der Waals surface area contributed by atoms with E-state index in [1.807, 2.05) is 18.4 Å². The molecule has 1 amide bonds. The first-order chi connectivity index (χ1) is 10.0. The Bertz CT molecular complexity index is 695. The van der Waals surface area contributed by atoms with E-state index in [-0.39, 0.29) is 10.8 Å². The van der Waals surface area contributed by atoms with Crippen LogP contribution in [-0.2, 0) is 14.8 Å². The van der Waals surface area contributed by atoms with Crippen LogP contribution in [0.4, 0.5) is 5.69 Å². The summed E-state index contributed by atoms with van der Waals surface area (Å²) in [6.45, 7) is -0.301. The topological polar surface area (TPSA) is 75.3 Å². The van der Waals surface area contributed by atoms with Gasteiger partial charge < -0.3 is 5.32 Å². The van der Waals surface area contributed by atoms with Gasteiger partial charge in [-0.2, -0.15) is 0 Å². The van der Waals surface area contributed by atoms with Crippen LogP contribution in [0.3, 0.4) is 0 Å². The van der Waals surface area contributed by atoms with Crippen molar-refractivity contribution < 1.29 is 13.2 Å². The van der Waals surface area contributed by atoms with Crippen molar-refractivity contribution in [1.29, 1.82) is 0 Å². The number of rotatable bonds is 6. The van der Waals surface area contributed by atoms with Crippen LogP contribution in [0.2, 0.25) is 0 Å². The Morgan fingerprint density at radius 3 is 2.52 bits per heavy atom. The first kappa shape index (κ1) is 16.0. The lowest BCUT2D eigenvalue weighted by Crippen LogP contribution is -2.32. The van der Waals surface area contributed by atoms with Gasteiger partial charge in [0.25, 0.3) is 10.0 Å². The number of amides is 1. The lowest BCUT2D eigenvalue weighted by Gasteiger charge is -2.07. The lowest BCUT2D eigenvalue weighted by atomic mass is 10.3. The summed E-state index contributed by atoms with van der Waals surface area (Å²) in [5, 5.41) is 4.31. The summed E-state index contributed by atoms with van der Waals surface area (Å²) in [6, 6.07) is 10.5. The molecule has 2 N–H and O–H groups in total. The third-order valence-electron chi connectivity index (χ3n) is 2.56. The maximum absolute atomic E-state index is 11.9. The molecule has 1 aromatic carbocycles. The zero-order valence-corrected chi connectivity index (χ0v) is 13.6. The molecule has 0 unspecified atom stereocenters. The second-order valence-electron chi connectivity index (χ2n) is 4.03. The molecular weight excluding hydrogens is 328 g/mol. The number of sulfonamides is 1. The van der Waals surface area contributed by atoms with E-state index in [2.05, 4.69) is 10.0 Å². The van der Waals surface area contributed by atoms with E-state index >= 15 is 0 Å². The van der Waals surface area contributed by atoms with E-state index < -0.39 is 15.9 Å². The SMILES string of the molecule is CSc1ccc(NC(=O)CNS(=O)(=O)c2cccs2)cc1. The number of benzene rings is 1. The van der Waals surface area contributed by atoms with Gasteiger partial charge in [0, 0.05) is 10.6 Å². The fourth-order valence-corrected chi connectivity index (χ4v) is 3.96. The Kier molecular flexibility index (Phi) is 5.40. The van der Waals surface area contributed by atoms with Crippen molar-refractivity contribution >= 4 is 44.7 Å². The highest BCUT2D eigenvalue weighted by molar-refractivity contribution is 7.98. The van der Waals surface area contributed by atoms with Crippen LogP contribution in [0.5, 0.6) is 0 Å². The number of thiophene rings is 1. The van der Waals surface area contributed by atoms with Crippen LogP contribution in [0.15, 0.2) is 50.9 Å². The van der Waals surface area contributed by atoms with Crippen LogP contribution in [0.1, 0.15) is 0 Å². The number of hydrogen-bond donors (Lipinski definition) is 2. The molecule has 0 aliphatic carbocycles. The molecule has 0 spiro atoms. The predicted molar refractivity (Wildman–Crippen MR) is 86.4 cm³/mol. The standard InChI is InChI=1S/C13H14N2O3S3/c1-19-11-6-4-10(5-7-11)15-12(16)9-14-21(17,18)13-3-2-8-20-13/h2-8,14H,9H2,1H3,(H,15,16). The predicted octanol–water partition coefficient (Wildman–Crippen LogP) is 2.39. The third kappa shape index (κ3) is 4.57. The van der Waals surface area contributed by atoms with Crippen molar-refractivity contribution in [3.8, 4) is 0 Å². The Labute approximate surface area is 131 Å². The first-order valence-electron chi connectivity index (χ1n) is 5.98. The molecule has 0 aliphatic heterocycles. The Hall–Kier alpha value is -1.35. The highest BCUT2D eigenvalue weighted by Crippen LogP contribution is 2.17. The van der Waals surface area contributed by atoms with E-state index in [4.69, 9.17) is 0 Å². The van der Waals surface area contributed by atoms with Gasteiger partial charge >= 0.3 is 0 Å². The third-order valence-corrected chi connectivity index (χ3v) is 6.10. The fourth-order valence-electron chi connectivity index (χ4n) is 1.53. The monoisotopic (exact) mass is 342 g/mol. The molecule has 0 radical (unpaired) electrons. The molecule has 1 aromatic heterocycles. The summed E-state index contributed by atoms with van der Waals surface area (Å²) >= 11 is 2.71. The number of carbonyl (C=O) groups is 1. The molecule has 112 valence electrons. The van der Waals surface area contributed by atoms with E-state index in [0.29, 0.717) is 5.69 Å². The summed E-state index contributed by atoms with van der Waals surface area (Å²) in [7, 11) is -3.61. The van der Waals surface area contributed by atoms with E-state index in [1.165, 1.54) is 6.07 Å². The van der Waals surface area contributed by atoms with Crippen LogP contribution < -0.4 is 10.0 Å². The van der Waals surface area contributed by atoms with Gasteiger partial charge in [-0.25, -0.2) is 13.1 Å². The zero-order chi connectivity index (χ0) is 15.3. The van der Waals surface area contributed by atoms with Gasteiger partial charge in [-0.05, 0) is 42.0 Å². The Morgan fingerprint density at radius 2 is 1.95 bits per heavy atom. The van der Waals surface area contributed by atoms with Gasteiger partial charge in [-0.3, -0.25) is 4.79 Å². The van der Waals surface area contributed by atoms with Gasteiger partial charge in [-0.15, -0.1) is 23.1 Å². The summed E-state index contributed by atoms with van der Waals surface area (Å²) in [6.07, 6.45) is 1.97. The van der Waals surface area contributed by atoms with Crippen molar-refractivity contribution in [2.75, 3.05) is 18.1 Å². The number of carbonyl (C=O) groups excluding carboxylic acids is 1. The van der Waals surface area contributed by atoms with E-state index in [9.17, 15) is 13.2 Å². The molecule has 0 saturated carbocycles. The minimum Gasteiger partial charge on any atom is -0.325 e. The molecule has 0 aliphatic rings. The highest BCUT2D eigenvalue weighted by Gasteiger charge is 2.16. The summed E-state index contributed by atoms with van der Waals surface area (Å²) in [5.74, 6) is -0.410. The van der Waals surface area contributed by atoms with Gasteiger partial charge in [0.15, 0.2) is 0 Å². The normalized spacial score (nSPS) is 11.3. The molecule has 21 heavy (non-hydrogen) atoms. The van der Waals surface area contributed by atoms with Gasteiger partial charge in [0.2, 0.25) is 5.91 Å². The molecular formula is C13H14N2O3S3. The molecule has 0 atom stereocenters. The number of thioether (sulfide) groups is 1. The molecule has 0 saturated heterocycles. The number of hydrogen-bond acceptors (Lipinski definition) is 5. The van der Waals surface area contributed by atoms with Crippen molar-refractivity contribution in [2.45, 2.75) is 9.10 Å². The van der Waals surface area contributed by atoms with Crippen LogP contribution in [0, 0.1) is 0 Å². The molecule has 0 bridgehead atoms. The van der Waals surface area contributed by atoms with Crippen molar-refractivity contribution in [1.82, 2.24) is 4.72 Å². The van der Waals surface area contributed by atoms with E-state index in [1.54, 1.807) is 35.3 Å². The smallest absolute Gasteiger partial charge is 0.250 e. The van der Waals surface area contributed by atoms with Crippen LogP contribution in [-0.4, -0.2) is 27.1 Å². The zero-order valence-electron chi connectivity index (χ0n) is 11.2. The highest BCUT2D eigenvalue weighted by atomic mass is 32.2. The van der Waals surface area contributed by atoms with Gasteiger partial charge in [0.05, 0.1) is 6.54 Å². The average molecular weight is 342 g/mol.